The third-order valence-corrected chi connectivity index (χ3v) is 6.48. The topological polar surface area (TPSA) is 80.2 Å². The number of fused-ring (bicyclic) bond motifs is 3. The second-order valence-electron chi connectivity index (χ2n) is 8.58. The molecule has 29 heavy (non-hydrogen) atoms. The molecule has 2 aliphatic rings. The van der Waals surface area contributed by atoms with E-state index in [1.165, 1.54) is 19.3 Å². The summed E-state index contributed by atoms with van der Waals surface area (Å²) in [6.45, 7) is 4.88. The van der Waals surface area contributed by atoms with Gasteiger partial charge in [0.15, 0.2) is 0 Å². The first-order valence-electron chi connectivity index (χ1n) is 10.4. The molecule has 0 atom stereocenters. The van der Waals surface area contributed by atoms with Gasteiger partial charge in [-0.15, -0.1) is 0 Å². The SMILES string of the molecule is COCC1CN(C(=O)c2cc3c(cc2C)[nH]c(=O)c2cnn(CC4CCC4)c23)C1. The minimum atomic E-state index is -0.129. The van der Waals surface area contributed by atoms with Gasteiger partial charge in [-0.05, 0) is 43.4 Å². The van der Waals surface area contributed by atoms with E-state index in [9.17, 15) is 9.59 Å². The van der Waals surface area contributed by atoms with E-state index in [0.29, 0.717) is 29.4 Å². The molecular weight excluding hydrogens is 368 g/mol. The fourth-order valence-electron chi connectivity index (χ4n) is 4.57. The molecule has 0 unspecified atom stereocenters. The molecule has 2 fully saturated rings. The van der Waals surface area contributed by atoms with Gasteiger partial charge >= 0.3 is 0 Å². The third kappa shape index (κ3) is 3.04. The van der Waals surface area contributed by atoms with Crippen LogP contribution in [0.1, 0.15) is 35.2 Å². The Morgan fingerprint density at radius 1 is 1.24 bits per heavy atom. The van der Waals surface area contributed by atoms with E-state index < -0.39 is 0 Å². The number of hydrogen-bond donors (Lipinski definition) is 1. The van der Waals surface area contributed by atoms with E-state index in [4.69, 9.17) is 4.74 Å². The Balaban J connectivity index is 1.57. The standard InChI is InChI=1S/C22H26N4O3/c1-13-6-19-17(7-16(13)22(28)25-9-15(10-25)12-29-2)20-18(21(27)24-19)8-23-26(20)11-14-4-3-5-14/h6-8,14-15H,3-5,9-12H2,1-2H3,(H,24,27). The van der Waals surface area contributed by atoms with Crippen LogP contribution in [0.3, 0.4) is 0 Å². The largest absolute Gasteiger partial charge is 0.384 e. The Morgan fingerprint density at radius 3 is 2.72 bits per heavy atom. The molecule has 1 aliphatic heterocycles. The van der Waals surface area contributed by atoms with Crippen LogP contribution >= 0.6 is 0 Å². The number of aromatic amines is 1. The fourth-order valence-corrected chi connectivity index (χ4v) is 4.57. The second kappa shape index (κ2) is 6.99. The van der Waals surface area contributed by atoms with Gasteiger partial charge in [-0.25, -0.2) is 0 Å². The van der Waals surface area contributed by atoms with Gasteiger partial charge in [0.2, 0.25) is 0 Å². The Kier molecular flexibility index (Phi) is 4.42. The van der Waals surface area contributed by atoms with Gasteiger partial charge in [0.25, 0.3) is 11.5 Å². The molecule has 1 aromatic carbocycles. The van der Waals surface area contributed by atoms with Crippen LogP contribution in [0.2, 0.25) is 0 Å². The summed E-state index contributed by atoms with van der Waals surface area (Å²) in [5, 5.41) is 5.98. The molecule has 0 spiro atoms. The number of carbonyl (C=O) groups excluding carboxylic acids is 1. The van der Waals surface area contributed by atoms with Crippen molar-refractivity contribution in [2.24, 2.45) is 11.8 Å². The Bertz CT molecular complexity index is 1150. The van der Waals surface area contributed by atoms with Crippen LogP contribution in [0.15, 0.2) is 23.1 Å². The number of amides is 1. The number of hydrogen-bond acceptors (Lipinski definition) is 4. The van der Waals surface area contributed by atoms with Gasteiger partial charge in [-0.2, -0.15) is 5.10 Å². The molecule has 7 heteroatoms. The lowest BCUT2D eigenvalue weighted by Crippen LogP contribution is -2.51. The number of nitrogens with one attached hydrogen (secondary N) is 1. The summed E-state index contributed by atoms with van der Waals surface area (Å²) < 4.78 is 7.15. The molecule has 1 saturated carbocycles. The number of ether oxygens (including phenoxy) is 1. The van der Waals surface area contributed by atoms with Crippen LogP contribution in [-0.2, 0) is 11.3 Å². The van der Waals surface area contributed by atoms with Crippen molar-refractivity contribution in [2.45, 2.75) is 32.7 Å². The number of aromatic nitrogens is 3. The molecule has 152 valence electrons. The van der Waals surface area contributed by atoms with Crippen LogP contribution in [-0.4, -0.2) is 52.4 Å². The van der Waals surface area contributed by atoms with Gasteiger partial charge < -0.3 is 14.6 Å². The second-order valence-corrected chi connectivity index (χ2v) is 8.58. The summed E-state index contributed by atoms with van der Waals surface area (Å²) >= 11 is 0. The lowest BCUT2D eigenvalue weighted by molar-refractivity contribution is 0.0270. The van der Waals surface area contributed by atoms with Crippen molar-refractivity contribution in [1.29, 1.82) is 0 Å². The normalized spacial score (nSPS) is 17.7. The van der Waals surface area contributed by atoms with Crippen LogP contribution in [0.4, 0.5) is 0 Å². The van der Waals surface area contributed by atoms with Crippen molar-refractivity contribution in [3.63, 3.8) is 0 Å². The van der Waals surface area contributed by atoms with Crippen molar-refractivity contribution in [2.75, 3.05) is 26.8 Å². The average Bonchev–Trinajstić information content (AvgIpc) is 3.05. The number of H-pyrrole nitrogens is 1. The minimum Gasteiger partial charge on any atom is -0.384 e. The van der Waals surface area contributed by atoms with Crippen molar-refractivity contribution in [1.82, 2.24) is 19.7 Å². The van der Waals surface area contributed by atoms with Crippen LogP contribution in [0.5, 0.6) is 0 Å². The molecule has 1 amide bonds. The maximum Gasteiger partial charge on any atom is 0.259 e. The summed E-state index contributed by atoms with van der Waals surface area (Å²) in [4.78, 5) is 30.5. The first-order valence-corrected chi connectivity index (χ1v) is 10.4. The molecule has 1 N–H and O–H groups in total. The smallest absolute Gasteiger partial charge is 0.259 e. The number of pyridine rings is 1. The first-order chi connectivity index (χ1) is 14.0. The van der Waals surface area contributed by atoms with Gasteiger partial charge in [-0.3, -0.25) is 14.3 Å². The van der Waals surface area contributed by atoms with E-state index in [0.717, 1.165) is 41.6 Å². The predicted octanol–water partition coefficient (Wildman–Crippen LogP) is 2.70. The molecule has 3 aromatic rings. The Labute approximate surface area is 168 Å². The van der Waals surface area contributed by atoms with Crippen molar-refractivity contribution >= 4 is 27.7 Å². The van der Waals surface area contributed by atoms with Crippen LogP contribution in [0.25, 0.3) is 21.8 Å². The lowest BCUT2D eigenvalue weighted by Gasteiger charge is -2.39. The highest BCUT2D eigenvalue weighted by molar-refractivity contribution is 6.07. The number of benzene rings is 1. The molecule has 3 heterocycles. The highest BCUT2D eigenvalue weighted by Gasteiger charge is 2.32. The molecule has 0 radical (unpaired) electrons. The van der Waals surface area contributed by atoms with Gasteiger partial charge in [-0.1, -0.05) is 6.42 Å². The molecule has 1 saturated heterocycles. The number of likely N-dealkylation sites (tertiary alicyclic amines) is 1. The van der Waals surface area contributed by atoms with Crippen molar-refractivity contribution in [3.05, 3.63) is 39.8 Å². The van der Waals surface area contributed by atoms with Crippen molar-refractivity contribution < 1.29 is 9.53 Å². The third-order valence-electron chi connectivity index (χ3n) is 6.48. The summed E-state index contributed by atoms with van der Waals surface area (Å²) in [6.07, 6.45) is 5.34. The van der Waals surface area contributed by atoms with E-state index in [-0.39, 0.29) is 11.5 Å². The molecule has 1 aliphatic carbocycles. The maximum atomic E-state index is 13.1. The van der Waals surface area contributed by atoms with Gasteiger partial charge in [0.1, 0.15) is 0 Å². The average molecular weight is 394 g/mol. The van der Waals surface area contributed by atoms with E-state index in [1.807, 2.05) is 28.6 Å². The summed E-state index contributed by atoms with van der Waals surface area (Å²) in [6, 6.07) is 3.85. The van der Waals surface area contributed by atoms with E-state index in [1.54, 1.807) is 13.3 Å². The molecular formula is C22H26N4O3. The first kappa shape index (κ1) is 18.4. The zero-order valence-electron chi connectivity index (χ0n) is 16.9. The lowest BCUT2D eigenvalue weighted by atomic mass is 9.85. The minimum absolute atomic E-state index is 0.0427. The molecule has 0 bridgehead atoms. The Hall–Kier alpha value is -2.67. The molecule has 5 rings (SSSR count). The number of aryl methyl sites for hydroxylation is 1. The van der Waals surface area contributed by atoms with Crippen molar-refractivity contribution in [3.8, 4) is 0 Å². The number of carbonyl (C=O) groups is 1. The summed E-state index contributed by atoms with van der Waals surface area (Å²) in [7, 11) is 1.69. The summed E-state index contributed by atoms with van der Waals surface area (Å²) in [5.74, 6) is 1.08. The highest BCUT2D eigenvalue weighted by atomic mass is 16.5. The molecule has 2 aromatic heterocycles. The molecule has 7 nitrogen and oxygen atoms in total. The zero-order chi connectivity index (χ0) is 20.1. The van der Waals surface area contributed by atoms with Crippen LogP contribution < -0.4 is 5.56 Å². The number of methoxy groups -OCH3 is 1. The predicted molar refractivity (Wildman–Crippen MR) is 111 cm³/mol. The summed E-state index contributed by atoms with van der Waals surface area (Å²) in [5.41, 5.74) is 3.03. The quantitative estimate of drug-likeness (QED) is 0.722. The van der Waals surface area contributed by atoms with Gasteiger partial charge in [0, 0.05) is 43.6 Å². The number of nitrogens with zero attached hydrogens (tertiary/aromatic N) is 3. The maximum absolute atomic E-state index is 13.1. The van der Waals surface area contributed by atoms with Gasteiger partial charge in [0.05, 0.1) is 29.2 Å². The highest BCUT2D eigenvalue weighted by Crippen LogP contribution is 2.31. The Morgan fingerprint density at radius 2 is 2.03 bits per heavy atom. The zero-order valence-corrected chi connectivity index (χ0v) is 16.9. The van der Waals surface area contributed by atoms with Crippen LogP contribution in [0, 0.1) is 18.8 Å². The fraction of sp³-hybridized carbons (Fsp3) is 0.500. The van der Waals surface area contributed by atoms with E-state index >= 15 is 0 Å². The number of rotatable bonds is 5. The van der Waals surface area contributed by atoms with E-state index in [2.05, 4.69) is 10.1 Å². The monoisotopic (exact) mass is 394 g/mol.